The van der Waals surface area contributed by atoms with Gasteiger partial charge in [-0.25, -0.2) is 0 Å². The number of carboxylic acid groups (broad SMARTS) is 1. The molecule has 0 saturated carbocycles. The molecule has 0 atom stereocenters. The summed E-state index contributed by atoms with van der Waals surface area (Å²) in [7, 11) is 0. The fourth-order valence-electron chi connectivity index (χ4n) is 1.89. The van der Waals surface area contributed by atoms with E-state index in [0.29, 0.717) is 4.90 Å². The Morgan fingerprint density at radius 1 is 1.43 bits per heavy atom. The topological polar surface area (TPSA) is 83.7 Å². The van der Waals surface area contributed by atoms with Crippen molar-refractivity contribution in [1.82, 2.24) is 4.90 Å². The standard InChI is InChI=1S/C12H13F3N2O4/c1-8-9(3-2-4-10(8)17(20)21)5-16(6-11(18)19)7-12(13,14)15/h2-4H,5-7H2,1H3,(H,18,19). The molecule has 0 radical (unpaired) electrons. The van der Waals surface area contributed by atoms with E-state index in [1.165, 1.54) is 25.1 Å². The number of nitro benzene ring substituents is 1. The molecule has 0 aromatic heterocycles. The highest BCUT2D eigenvalue weighted by molar-refractivity contribution is 5.69. The van der Waals surface area contributed by atoms with Crippen molar-refractivity contribution in [2.75, 3.05) is 13.1 Å². The van der Waals surface area contributed by atoms with Gasteiger partial charge in [0, 0.05) is 18.2 Å². The molecular formula is C12H13F3N2O4. The number of hydrogen-bond acceptors (Lipinski definition) is 4. The van der Waals surface area contributed by atoms with Gasteiger partial charge in [0.2, 0.25) is 0 Å². The number of aliphatic carboxylic acids is 1. The number of benzene rings is 1. The van der Waals surface area contributed by atoms with Crippen LogP contribution in [0.1, 0.15) is 11.1 Å². The zero-order valence-electron chi connectivity index (χ0n) is 11.1. The molecule has 1 aromatic rings. The molecule has 1 rings (SSSR count). The first-order chi connectivity index (χ1) is 9.60. The van der Waals surface area contributed by atoms with E-state index in [1.54, 1.807) is 0 Å². The number of nitro groups is 1. The average Bonchev–Trinajstić information content (AvgIpc) is 2.28. The summed E-state index contributed by atoms with van der Waals surface area (Å²) in [5.41, 5.74) is 0.296. The van der Waals surface area contributed by atoms with E-state index >= 15 is 0 Å². The molecule has 0 saturated heterocycles. The number of alkyl halides is 3. The highest BCUT2D eigenvalue weighted by atomic mass is 19.4. The van der Waals surface area contributed by atoms with E-state index in [2.05, 4.69) is 0 Å². The third-order valence-corrected chi connectivity index (χ3v) is 2.77. The second-order valence-electron chi connectivity index (χ2n) is 4.47. The minimum absolute atomic E-state index is 0.213. The molecule has 0 heterocycles. The quantitative estimate of drug-likeness (QED) is 0.644. The maximum Gasteiger partial charge on any atom is 0.401 e. The van der Waals surface area contributed by atoms with E-state index in [-0.39, 0.29) is 23.4 Å². The molecule has 116 valence electrons. The zero-order valence-corrected chi connectivity index (χ0v) is 11.1. The molecule has 0 fully saturated rings. The number of halogens is 3. The van der Waals surface area contributed by atoms with Crippen LogP contribution in [0.25, 0.3) is 0 Å². The van der Waals surface area contributed by atoms with Crippen molar-refractivity contribution in [2.45, 2.75) is 19.6 Å². The zero-order chi connectivity index (χ0) is 16.2. The molecule has 9 heteroatoms. The summed E-state index contributed by atoms with van der Waals surface area (Å²) in [5.74, 6) is -1.40. The van der Waals surface area contributed by atoms with E-state index in [0.717, 1.165) is 0 Å². The Morgan fingerprint density at radius 3 is 2.52 bits per heavy atom. The fraction of sp³-hybridized carbons (Fsp3) is 0.417. The van der Waals surface area contributed by atoms with Gasteiger partial charge in [-0.1, -0.05) is 12.1 Å². The van der Waals surface area contributed by atoms with Crippen LogP contribution in [-0.4, -0.2) is 40.2 Å². The van der Waals surface area contributed by atoms with E-state index < -0.39 is 30.2 Å². The lowest BCUT2D eigenvalue weighted by Gasteiger charge is -2.22. The van der Waals surface area contributed by atoms with Crippen molar-refractivity contribution >= 4 is 11.7 Å². The Balaban J connectivity index is 3.00. The van der Waals surface area contributed by atoms with E-state index in [1.807, 2.05) is 0 Å². The first-order valence-corrected chi connectivity index (χ1v) is 5.84. The third-order valence-electron chi connectivity index (χ3n) is 2.77. The summed E-state index contributed by atoms with van der Waals surface area (Å²) in [5, 5.41) is 19.4. The highest BCUT2D eigenvalue weighted by Crippen LogP contribution is 2.24. The molecule has 0 amide bonds. The van der Waals surface area contributed by atoms with Crippen molar-refractivity contribution in [1.29, 1.82) is 0 Å². The van der Waals surface area contributed by atoms with Crippen LogP contribution >= 0.6 is 0 Å². The van der Waals surface area contributed by atoms with Crippen LogP contribution in [0.5, 0.6) is 0 Å². The molecule has 0 bridgehead atoms. The molecule has 0 aliphatic carbocycles. The lowest BCUT2D eigenvalue weighted by atomic mass is 10.1. The Kier molecular flexibility index (Phi) is 5.25. The fourth-order valence-corrected chi connectivity index (χ4v) is 1.89. The predicted molar refractivity (Wildman–Crippen MR) is 66.8 cm³/mol. The van der Waals surface area contributed by atoms with E-state index in [4.69, 9.17) is 5.11 Å². The summed E-state index contributed by atoms with van der Waals surface area (Å²) in [6.07, 6.45) is -4.55. The summed E-state index contributed by atoms with van der Waals surface area (Å²) in [6, 6.07) is 4.03. The van der Waals surface area contributed by atoms with Crippen molar-refractivity contribution in [2.24, 2.45) is 0 Å². The molecule has 0 unspecified atom stereocenters. The summed E-state index contributed by atoms with van der Waals surface area (Å²) in [6.45, 7) is -1.12. The van der Waals surface area contributed by atoms with Crippen LogP contribution in [0.15, 0.2) is 18.2 Å². The molecule has 0 aliphatic rings. The Hall–Kier alpha value is -2.16. The van der Waals surface area contributed by atoms with Crippen molar-refractivity contribution < 1.29 is 28.0 Å². The minimum atomic E-state index is -4.55. The summed E-state index contributed by atoms with van der Waals surface area (Å²) in [4.78, 5) is 21.5. The number of carbonyl (C=O) groups is 1. The Labute approximate surface area is 117 Å². The monoisotopic (exact) mass is 306 g/mol. The van der Waals surface area contributed by atoms with Gasteiger partial charge >= 0.3 is 12.1 Å². The lowest BCUT2D eigenvalue weighted by molar-refractivity contribution is -0.385. The minimum Gasteiger partial charge on any atom is -0.480 e. The van der Waals surface area contributed by atoms with Crippen LogP contribution < -0.4 is 0 Å². The largest absolute Gasteiger partial charge is 0.480 e. The highest BCUT2D eigenvalue weighted by Gasteiger charge is 2.32. The number of hydrogen-bond donors (Lipinski definition) is 1. The molecule has 0 aliphatic heterocycles. The van der Waals surface area contributed by atoms with Gasteiger partial charge in [0.1, 0.15) is 0 Å². The molecule has 6 nitrogen and oxygen atoms in total. The van der Waals surface area contributed by atoms with Crippen LogP contribution in [-0.2, 0) is 11.3 Å². The van der Waals surface area contributed by atoms with Gasteiger partial charge in [0.25, 0.3) is 5.69 Å². The number of carboxylic acids is 1. The molecule has 1 N–H and O–H groups in total. The number of rotatable bonds is 6. The summed E-state index contributed by atoms with van der Waals surface area (Å²) >= 11 is 0. The van der Waals surface area contributed by atoms with E-state index in [9.17, 15) is 28.1 Å². The van der Waals surface area contributed by atoms with Gasteiger partial charge < -0.3 is 5.11 Å². The van der Waals surface area contributed by atoms with Gasteiger partial charge in [-0.3, -0.25) is 19.8 Å². The molecular weight excluding hydrogens is 293 g/mol. The van der Waals surface area contributed by atoms with Crippen molar-refractivity contribution in [3.8, 4) is 0 Å². The van der Waals surface area contributed by atoms with Crippen molar-refractivity contribution in [3.05, 3.63) is 39.4 Å². The van der Waals surface area contributed by atoms with Gasteiger partial charge in [0.05, 0.1) is 18.0 Å². The maximum atomic E-state index is 12.4. The van der Waals surface area contributed by atoms with Crippen LogP contribution in [0.2, 0.25) is 0 Å². The SMILES string of the molecule is Cc1c(CN(CC(=O)O)CC(F)(F)F)cccc1[N+](=O)[O-]. The van der Waals surface area contributed by atoms with Gasteiger partial charge in [-0.05, 0) is 12.5 Å². The third kappa shape index (κ3) is 5.38. The molecule has 21 heavy (non-hydrogen) atoms. The average molecular weight is 306 g/mol. The Bertz CT molecular complexity index is 546. The predicted octanol–water partition coefficient (Wildman–Crippen LogP) is 2.35. The van der Waals surface area contributed by atoms with Crippen molar-refractivity contribution in [3.63, 3.8) is 0 Å². The maximum absolute atomic E-state index is 12.4. The van der Waals surface area contributed by atoms with Crippen LogP contribution in [0.3, 0.4) is 0 Å². The van der Waals surface area contributed by atoms with Crippen LogP contribution in [0.4, 0.5) is 18.9 Å². The smallest absolute Gasteiger partial charge is 0.401 e. The Morgan fingerprint density at radius 2 is 2.05 bits per heavy atom. The molecule has 0 spiro atoms. The first-order valence-electron chi connectivity index (χ1n) is 5.84. The normalized spacial score (nSPS) is 11.7. The lowest BCUT2D eigenvalue weighted by Crippen LogP contribution is -2.37. The number of nitrogens with zero attached hydrogens (tertiary/aromatic N) is 2. The second kappa shape index (κ2) is 6.53. The van der Waals surface area contributed by atoms with Gasteiger partial charge in [0.15, 0.2) is 0 Å². The summed E-state index contributed by atoms with van der Waals surface area (Å²) < 4.78 is 37.3. The van der Waals surface area contributed by atoms with Gasteiger partial charge in [-0.2, -0.15) is 13.2 Å². The van der Waals surface area contributed by atoms with Gasteiger partial charge in [-0.15, -0.1) is 0 Å². The molecule has 1 aromatic carbocycles. The second-order valence-corrected chi connectivity index (χ2v) is 4.47. The van der Waals surface area contributed by atoms with Crippen LogP contribution in [0, 0.1) is 17.0 Å². The first kappa shape index (κ1) is 16.9.